The summed E-state index contributed by atoms with van der Waals surface area (Å²) in [5.74, 6) is -1.58. The summed E-state index contributed by atoms with van der Waals surface area (Å²) in [7, 11) is 0. The zero-order valence-electron chi connectivity index (χ0n) is 23.3. The molecule has 0 aromatic carbocycles. The standard InChI is InChI=1S/C11H18O4.2C8H12O4.Ru/c1-4-7-9(12)10(15-8-5-2)11(13)14-6-3;2*1-2-11-8(10)7-6(9)4-3-5-12-7;/h4-5,7,9-10,12H,2,6,8H2,1,3H3;2*3-4,6-7,9H,2,5H2,1H3;/b7-4+;;;/t;6-,7+;6-,7-;/m.01./s1. The van der Waals surface area contributed by atoms with Crippen molar-refractivity contribution in [2.75, 3.05) is 39.6 Å². The van der Waals surface area contributed by atoms with Crippen molar-refractivity contribution < 1.29 is 77.6 Å². The summed E-state index contributed by atoms with van der Waals surface area (Å²) < 4.78 is 29.3. The molecular weight excluding hydrogens is 617 g/mol. The SMILES string of the molecule is C=CCOC(C(=O)OCC)C(O)/C=C/C.CCOC(=O)[C@@H]1OCC=C[C@@H]1O.CCOC(=O)[C@@H]1OCC=C[C@H]1O.[Ru]. The maximum Gasteiger partial charge on any atom is 0.338 e. The van der Waals surface area contributed by atoms with Crippen LogP contribution in [0.4, 0.5) is 0 Å². The van der Waals surface area contributed by atoms with Crippen LogP contribution in [0.2, 0.25) is 0 Å². The number of aliphatic hydroxyl groups excluding tert-OH is 3. The van der Waals surface area contributed by atoms with Crippen LogP contribution in [0.5, 0.6) is 0 Å². The maximum atomic E-state index is 11.4. The molecule has 0 aromatic rings. The largest absolute Gasteiger partial charge is 0.464 e. The van der Waals surface area contributed by atoms with Crippen LogP contribution < -0.4 is 0 Å². The molecule has 2 rings (SSSR count). The molecule has 0 amide bonds. The molecule has 2 heterocycles. The Kier molecular flexibility index (Phi) is 24.5. The van der Waals surface area contributed by atoms with Crippen molar-refractivity contribution in [1.82, 2.24) is 0 Å². The van der Waals surface area contributed by atoms with Gasteiger partial charge in [-0.25, -0.2) is 14.4 Å². The van der Waals surface area contributed by atoms with Crippen LogP contribution in [0.3, 0.4) is 0 Å². The summed E-state index contributed by atoms with van der Waals surface area (Å²) in [5.41, 5.74) is 0. The third-order valence-corrected chi connectivity index (χ3v) is 4.68. The topological polar surface area (TPSA) is 167 Å². The first-order valence-corrected chi connectivity index (χ1v) is 12.6. The third-order valence-electron chi connectivity index (χ3n) is 4.68. The summed E-state index contributed by atoms with van der Waals surface area (Å²) in [6.07, 6.45) is 5.60. The number of carbonyl (C=O) groups excluding carboxylic acids is 3. The van der Waals surface area contributed by atoms with Gasteiger partial charge in [0, 0.05) is 19.5 Å². The molecule has 2 unspecified atom stereocenters. The van der Waals surface area contributed by atoms with E-state index < -0.39 is 54.5 Å². The van der Waals surface area contributed by atoms with Gasteiger partial charge in [-0.3, -0.25) is 0 Å². The Labute approximate surface area is 248 Å². The molecular formula is C27H42O12Ru. The van der Waals surface area contributed by atoms with Gasteiger partial charge in [0.25, 0.3) is 0 Å². The van der Waals surface area contributed by atoms with Gasteiger partial charge < -0.3 is 43.7 Å². The average Bonchev–Trinajstić information content (AvgIpc) is 2.91. The van der Waals surface area contributed by atoms with Crippen molar-refractivity contribution in [3.8, 4) is 0 Å². The van der Waals surface area contributed by atoms with E-state index >= 15 is 0 Å². The second-order valence-corrected chi connectivity index (χ2v) is 7.66. The first-order valence-electron chi connectivity index (χ1n) is 12.6. The van der Waals surface area contributed by atoms with E-state index in [2.05, 4.69) is 6.58 Å². The van der Waals surface area contributed by atoms with E-state index in [1.54, 1.807) is 45.9 Å². The molecule has 0 aromatic heterocycles. The Morgan fingerprint density at radius 2 is 1.38 bits per heavy atom. The molecule has 2 aliphatic rings. The molecule has 0 bridgehead atoms. The number of hydrogen-bond acceptors (Lipinski definition) is 12. The number of hydrogen-bond donors (Lipinski definition) is 3. The van der Waals surface area contributed by atoms with Crippen molar-refractivity contribution in [1.29, 1.82) is 0 Å². The van der Waals surface area contributed by atoms with E-state index in [9.17, 15) is 29.7 Å². The molecule has 0 saturated heterocycles. The molecule has 6 atom stereocenters. The van der Waals surface area contributed by atoms with Crippen LogP contribution >= 0.6 is 0 Å². The third kappa shape index (κ3) is 16.1. The minimum Gasteiger partial charge on any atom is -0.464 e. The number of carbonyl (C=O) groups is 3. The molecule has 2 aliphatic heterocycles. The van der Waals surface area contributed by atoms with Crippen LogP contribution in [-0.2, 0) is 62.3 Å². The predicted octanol–water partition coefficient (Wildman–Crippen LogP) is 0.786. The number of ether oxygens (including phenoxy) is 6. The van der Waals surface area contributed by atoms with Gasteiger partial charge in [0.2, 0.25) is 0 Å². The summed E-state index contributed by atoms with van der Waals surface area (Å²) in [6.45, 7) is 12.1. The van der Waals surface area contributed by atoms with E-state index in [1.807, 2.05) is 0 Å². The molecule has 12 nitrogen and oxygen atoms in total. The molecule has 0 fully saturated rings. The minimum atomic E-state index is -0.992. The van der Waals surface area contributed by atoms with E-state index in [0.29, 0.717) is 26.4 Å². The molecule has 230 valence electrons. The van der Waals surface area contributed by atoms with Crippen LogP contribution in [0, 0.1) is 0 Å². The fourth-order valence-corrected chi connectivity index (χ4v) is 2.97. The fraction of sp³-hybridized carbons (Fsp3) is 0.593. The molecule has 3 N–H and O–H groups in total. The van der Waals surface area contributed by atoms with Crippen LogP contribution in [0.25, 0.3) is 0 Å². The van der Waals surface area contributed by atoms with Crippen molar-refractivity contribution in [2.24, 2.45) is 0 Å². The number of esters is 3. The van der Waals surface area contributed by atoms with E-state index in [0.717, 1.165) is 0 Å². The predicted molar refractivity (Wildman–Crippen MR) is 140 cm³/mol. The number of rotatable bonds is 11. The Morgan fingerprint density at radius 1 is 0.925 bits per heavy atom. The van der Waals surface area contributed by atoms with Gasteiger partial charge in [-0.1, -0.05) is 42.5 Å². The fourth-order valence-electron chi connectivity index (χ4n) is 2.97. The van der Waals surface area contributed by atoms with Crippen molar-refractivity contribution >= 4 is 17.9 Å². The van der Waals surface area contributed by atoms with Crippen LogP contribution in [0.1, 0.15) is 27.7 Å². The Morgan fingerprint density at radius 3 is 1.73 bits per heavy atom. The molecule has 0 spiro atoms. The van der Waals surface area contributed by atoms with Crippen LogP contribution in [0.15, 0.2) is 49.1 Å². The normalized spacial score (nSPS) is 22.7. The number of aliphatic hydroxyl groups is 3. The van der Waals surface area contributed by atoms with Crippen molar-refractivity contribution in [3.05, 3.63) is 49.1 Å². The zero-order chi connectivity index (χ0) is 29.6. The maximum absolute atomic E-state index is 11.4. The summed E-state index contributed by atoms with van der Waals surface area (Å²) in [5, 5.41) is 28.1. The molecule has 0 radical (unpaired) electrons. The molecule has 40 heavy (non-hydrogen) atoms. The van der Waals surface area contributed by atoms with E-state index in [-0.39, 0.29) is 32.7 Å². The summed E-state index contributed by atoms with van der Waals surface area (Å²) in [6, 6.07) is 0. The second kappa shape index (κ2) is 24.5. The first kappa shape index (κ1) is 39.9. The molecule has 0 saturated carbocycles. The van der Waals surface area contributed by atoms with Gasteiger partial charge in [0.1, 0.15) is 18.3 Å². The second-order valence-electron chi connectivity index (χ2n) is 7.66. The smallest absolute Gasteiger partial charge is 0.338 e. The Balaban J connectivity index is 0. The van der Waals surface area contributed by atoms with Gasteiger partial charge in [0.15, 0.2) is 18.3 Å². The summed E-state index contributed by atoms with van der Waals surface area (Å²) in [4.78, 5) is 33.5. The van der Waals surface area contributed by atoms with E-state index in [1.165, 1.54) is 24.3 Å². The van der Waals surface area contributed by atoms with Gasteiger partial charge >= 0.3 is 17.9 Å². The molecule has 0 aliphatic carbocycles. The summed E-state index contributed by atoms with van der Waals surface area (Å²) >= 11 is 0. The quantitative estimate of drug-likeness (QED) is 0.124. The average molecular weight is 660 g/mol. The zero-order valence-corrected chi connectivity index (χ0v) is 25.1. The van der Waals surface area contributed by atoms with Crippen molar-refractivity contribution in [3.63, 3.8) is 0 Å². The minimum absolute atomic E-state index is 0. The molecule has 13 heteroatoms. The Hall–Kier alpha value is -2.25. The van der Waals surface area contributed by atoms with E-state index in [4.69, 9.17) is 28.4 Å². The Bertz CT molecular complexity index is 771. The number of allylic oxidation sites excluding steroid dienone is 1. The van der Waals surface area contributed by atoms with Gasteiger partial charge in [-0.05, 0) is 27.7 Å². The van der Waals surface area contributed by atoms with Crippen LogP contribution in [-0.4, -0.2) is 109 Å². The van der Waals surface area contributed by atoms with Gasteiger partial charge in [-0.2, -0.15) is 0 Å². The first-order chi connectivity index (χ1) is 18.7. The monoisotopic (exact) mass is 660 g/mol. The van der Waals surface area contributed by atoms with Crippen molar-refractivity contribution in [2.45, 2.75) is 64.3 Å². The van der Waals surface area contributed by atoms with Gasteiger partial charge in [-0.15, -0.1) is 6.58 Å². The van der Waals surface area contributed by atoms with Gasteiger partial charge in [0.05, 0.1) is 39.6 Å².